The molecule has 4 amide bonds. The fourth-order valence-electron chi connectivity index (χ4n) is 12.8. The molecule has 6 heterocycles. The van der Waals surface area contributed by atoms with Crippen molar-refractivity contribution in [2.45, 2.75) is 100 Å². The van der Waals surface area contributed by atoms with Gasteiger partial charge in [0.25, 0.3) is 11.8 Å². The monoisotopic (exact) mass is 938 g/mol. The molecule has 360 valence electrons. The first kappa shape index (κ1) is 45.4. The summed E-state index contributed by atoms with van der Waals surface area (Å²) in [7, 11) is 0. The van der Waals surface area contributed by atoms with Crippen LogP contribution in [0.25, 0.3) is 0 Å². The van der Waals surface area contributed by atoms with Gasteiger partial charge in [-0.3, -0.25) is 19.2 Å². The lowest BCUT2D eigenvalue weighted by Crippen LogP contribution is -2.50. The zero-order chi connectivity index (χ0) is 47.6. The van der Waals surface area contributed by atoms with Gasteiger partial charge < -0.3 is 39.9 Å². The van der Waals surface area contributed by atoms with Crippen LogP contribution in [0.15, 0.2) is 155 Å². The highest BCUT2D eigenvalue weighted by atomic mass is 16.3. The van der Waals surface area contributed by atoms with Crippen molar-refractivity contribution in [3.63, 3.8) is 0 Å². The van der Waals surface area contributed by atoms with E-state index in [1.807, 2.05) is 97.5 Å². The van der Waals surface area contributed by atoms with Gasteiger partial charge in [0.05, 0.1) is 61.1 Å². The number of likely N-dealkylation sites (tertiary alicyclic amines) is 2. The first-order chi connectivity index (χ1) is 34.4. The summed E-state index contributed by atoms with van der Waals surface area (Å²) in [5.74, 6) is 0.328. The summed E-state index contributed by atoms with van der Waals surface area (Å²) in [4.78, 5) is 58.3. The van der Waals surface area contributed by atoms with Crippen molar-refractivity contribution < 1.29 is 28.0 Å². The van der Waals surface area contributed by atoms with E-state index in [2.05, 4.69) is 67.5 Å². The van der Waals surface area contributed by atoms with Crippen LogP contribution in [0.5, 0.6) is 0 Å². The number of nitrogens with zero attached hydrogens (tertiary/aromatic N) is 2. The number of anilines is 2. The molecule has 2 saturated heterocycles. The van der Waals surface area contributed by atoms with Crippen LogP contribution in [0.1, 0.15) is 131 Å². The fraction of sp³-hybridized carbons (Fsp3) is 0.379. The maximum Gasteiger partial charge on any atom is 0.251 e. The van der Waals surface area contributed by atoms with Gasteiger partial charge in [0.15, 0.2) is 0 Å². The van der Waals surface area contributed by atoms with Crippen molar-refractivity contribution in [3.8, 4) is 0 Å². The predicted molar refractivity (Wildman–Crippen MR) is 267 cm³/mol. The summed E-state index contributed by atoms with van der Waals surface area (Å²) < 4.78 is 10.8. The van der Waals surface area contributed by atoms with Crippen LogP contribution in [0, 0.1) is 23.7 Å². The number of amides is 4. The Balaban J connectivity index is 0.000000152. The molecular formula is C58H62N6O6. The molecule has 0 spiro atoms. The average molecular weight is 939 g/mol. The SMILES string of the molecule is O=C(NC1CCCC[C@@H]1C(=O)N1CC[C@@H]2[C@H](c3ccoc3)Nc3ccccc3[C@@H]21)c1ccccc1.O=C(NC1CCCC[C@@H]1C(=O)N1CC[C@H]2[C@@H](c3ccoc3)Nc3ccccc3[C@H]21)c1ccccc1. The van der Waals surface area contributed by atoms with Gasteiger partial charge in [0.1, 0.15) is 0 Å². The summed E-state index contributed by atoms with van der Waals surface area (Å²) in [6, 6.07) is 39.3. The van der Waals surface area contributed by atoms with E-state index in [4.69, 9.17) is 8.83 Å². The molecule has 4 aliphatic heterocycles. The van der Waals surface area contributed by atoms with Crippen molar-refractivity contribution in [2.24, 2.45) is 23.7 Å². The van der Waals surface area contributed by atoms with Gasteiger partial charge in [-0.25, -0.2) is 0 Å². The molecule has 2 unspecified atom stereocenters. The van der Waals surface area contributed by atoms with E-state index in [0.29, 0.717) is 11.1 Å². The second-order valence-corrected chi connectivity index (χ2v) is 20.1. The molecule has 70 heavy (non-hydrogen) atoms. The van der Waals surface area contributed by atoms with Crippen molar-refractivity contribution in [3.05, 3.63) is 180 Å². The molecule has 10 atom stereocenters. The summed E-state index contributed by atoms with van der Waals surface area (Å²) >= 11 is 0. The Kier molecular flexibility index (Phi) is 13.0. The molecule has 4 N–H and O–H groups in total. The van der Waals surface area contributed by atoms with Crippen molar-refractivity contribution in [1.82, 2.24) is 20.4 Å². The lowest BCUT2D eigenvalue weighted by molar-refractivity contribution is -0.139. The van der Waals surface area contributed by atoms with E-state index in [0.717, 1.165) is 99.8 Å². The highest BCUT2D eigenvalue weighted by Gasteiger charge is 2.50. The van der Waals surface area contributed by atoms with Crippen LogP contribution in [0.2, 0.25) is 0 Å². The molecule has 0 radical (unpaired) electrons. The number of benzene rings is 4. The van der Waals surface area contributed by atoms with Crippen LogP contribution >= 0.6 is 0 Å². The Bertz CT molecular complexity index is 2580. The van der Waals surface area contributed by atoms with E-state index in [-0.39, 0.29) is 83.6 Å². The number of carbonyl (C=O) groups is 4. The van der Waals surface area contributed by atoms with Gasteiger partial charge in [-0.05, 0) is 98.2 Å². The third-order valence-electron chi connectivity index (χ3n) is 16.2. The maximum atomic E-state index is 14.1. The Morgan fingerprint density at radius 3 is 1.29 bits per heavy atom. The minimum Gasteiger partial charge on any atom is -0.472 e. The summed E-state index contributed by atoms with van der Waals surface area (Å²) in [5, 5.41) is 13.8. The highest BCUT2D eigenvalue weighted by Crippen LogP contribution is 2.53. The van der Waals surface area contributed by atoms with Gasteiger partial charge in [0.2, 0.25) is 11.8 Å². The Hall–Kier alpha value is -7.08. The van der Waals surface area contributed by atoms with Crippen LogP contribution in [-0.2, 0) is 9.59 Å². The lowest BCUT2D eigenvalue weighted by Gasteiger charge is -2.41. The Morgan fingerprint density at radius 2 is 0.871 bits per heavy atom. The van der Waals surface area contributed by atoms with E-state index in [1.165, 1.54) is 11.1 Å². The normalized spacial score (nSPS) is 27.4. The molecule has 2 saturated carbocycles. The zero-order valence-electron chi connectivity index (χ0n) is 39.5. The molecule has 0 bridgehead atoms. The number of nitrogens with one attached hydrogen (secondary N) is 4. The number of fused-ring (bicyclic) bond motifs is 6. The van der Waals surface area contributed by atoms with Gasteiger partial charge in [-0.2, -0.15) is 0 Å². The second kappa shape index (κ2) is 20.1. The van der Waals surface area contributed by atoms with Crippen molar-refractivity contribution in [1.29, 1.82) is 0 Å². The third kappa shape index (κ3) is 8.88. The van der Waals surface area contributed by atoms with Crippen LogP contribution in [-0.4, -0.2) is 58.6 Å². The van der Waals surface area contributed by atoms with Gasteiger partial charge in [-0.1, -0.05) is 98.5 Å². The van der Waals surface area contributed by atoms with E-state index >= 15 is 0 Å². The molecule has 6 aromatic rings. The standard InChI is InChI=1S/2C29H31N3O3/c2*33-28(19-8-2-1-3-9-19)31-25-13-7-5-11-22(25)29(34)32-16-14-23-26(20-15-17-35-18-20)30-24-12-6-4-10-21(24)27(23)32/h2*1-4,6,8-10,12,15,17-18,22-23,25-27,30H,5,7,11,13-14,16H2,(H,31,33)/t22-,23+,25?,26-,27-;22-,23-,25?,26+,27+/m00/s1. The molecule has 4 aromatic carbocycles. The van der Waals surface area contributed by atoms with Gasteiger partial charge in [0, 0.05) is 70.6 Å². The van der Waals surface area contributed by atoms with Gasteiger partial charge in [-0.15, -0.1) is 0 Å². The second-order valence-electron chi connectivity index (χ2n) is 20.1. The quantitative estimate of drug-likeness (QED) is 0.118. The first-order valence-electron chi connectivity index (χ1n) is 25.5. The Morgan fingerprint density at radius 1 is 0.471 bits per heavy atom. The topological polar surface area (TPSA) is 149 Å². The number of para-hydroxylation sites is 2. The number of carbonyl (C=O) groups excluding carboxylic acids is 4. The minimum atomic E-state index is -0.190. The minimum absolute atomic E-state index is 0.0206. The lowest BCUT2D eigenvalue weighted by atomic mass is 9.79. The first-order valence-corrected chi connectivity index (χ1v) is 25.5. The molecule has 4 fully saturated rings. The van der Waals surface area contributed by atoms with E-state index in [1.54, 1.807) is 12.5 Å². The smallest absolute Gasteiger partial charge is 0.251 e. The molecule has 2 aliphatic carbocycles. The summed E-state index contributed by atoms with van der Waals surface area (Å²) in [6.45, 7) is 1.46. The van der Waals surface area contributed by atoms with Crippen molar-refractivity contribution >= 4 is 35.0 Å². The molecule has 12 nitrogen and oxygen atoms in total. The van der Waals surface area contributed by atoms with E-state index < -0.39 is 0 Å². The molecule has 6 aliphatic rings. The van der Waals surface area contributed by atoms with E-state index in [9.17, 15) is 19.2 Å². The third-order valence-corrected chi connectivity index (χ3v) is 16.2. The van der Waals surface area contributed by atoms with Gasteiger partial charge >= 0.3 is 0 Å². The summed E-state index contributed by atoms with van der Waals surface area (Å²) in [5.41, 5.74) is 8.05. The largest absolute Gasteiger partial charge is 0.472 e. The maximum absolute atomic E-state index is 14.1. The number of rotatable bonds is 8. The zero-order valence-corrected chi connectivity index (χ0v) is 39.5. The van der Waals surface area contributed by atoms with Crippen LogP contribution in [0.3, 0.4) is 0 Å². The number of furan rings is 2. The average Bonchev–Trinajstić information content (AvgIpc) is 4.28. The van der Waals surface area contributed by atoms with Crippen molar-refractivity contribution in [2.75, 3.05) is 23.7 Å². The highest BCUT2D eigenvalue weighted by molar-refractivity contribution is 5.95. The molecule has 12 heteroatoms. The number of hydrogen-bond acceptors (Lipinski definition) is 8. The molecule has 2 aromatic heterocycles. The number of hydrogen-bond donors (Lipinski definition) is 4. The fourth-order valence-corrected chi connectivity index (χ4v) is 12.8. The summed E-state index contributed by atoms with van der Waals surface area (Å²) in [6.07, 6.45) is 16.3. The Labute approximate surface area is 409 Å². The molecule has 12 rings (SSSR count). The predicted octanol–water partition coefficient (Wildman–Crippen LogP) is 10.6. The van der Waals surface area contributed by atoms with Crippen LogP contribution < -0.4 is 21.3 Å². The molecular weight excluding hydrogens is 877 g/mol. The van der Waals surface area contributed by atoms with Crippen LogP contribution in [0.4, 0.5) is 11.4 Å².